The lowest BCUT2D eigenvalue weighted by Crippen LogP contribution is -2.51. The summed E-state index contributed by atoms with van der Waals surface area (Å²) in [7, 11) is -0.655. The number of carbonyl (C=O) groups is 2. The van der Waals surface area contributed by atoms with Crippen LogP contribution in [-0.4, -0.2) is 32.3 Å². The van der Waals surface area contributed by atoms with Gasteiger partial charge in [-0.15, -0.1) is 0 Å². The lowest BCUT2D eigenvalue weighted by Gasteiger charge is -2.29. The van der Waals surface area contributed by atoms with Gasteiger partial charge in [0, 0.05) is 11.2 Å². The first-order valence-corrected chi connectivity index (χ1v) is 6.08. The lowest BCUT2D eigenvalue weighted by molar-refractivity contribution is -0.141. The maximum atomic E-state index is 11.9. The molecule has 6 nitrogen and oxygen atoms in total. The molecule has 1 aromatic carbocycles. The number of amides is 1. The zero-order chi connectivity index (χ0) is 13.4. The van der Waals surface area contributed by atoms with E-state index >= 15 is 0 Å². The van der Waals surface area contributed by atoms with Crippen LogP contribution < -0.4 is 10.4 Å². The minimum absolute atomic E-state index is 0. The second-order valence-electron chi connectivity index (χ2n) is 4.27. The van der Waals surface area contributed by atoms with Crippen LogP contribution in [0.15, 0.2) is 18.2 Å². The predicted octanol–water partition coefficient (Wildman–Crippen LogP) is 1.07. The average Bonchev–Trinajstić information content (AvgIpc) is 2.79. The first-order valence-electron chi connectivity index (χ1n) is 6.08. The molecule has 1 aromatic rings. The van der Waals surface area contributed by atoms with Crippen molar-refractivity contribution in [3.63, 3.8) is 0 Å². The number of hydrogen-bond donors (Lipinski definition) is 0. The molecule has 0 unspecified atom stereocenters. The van der Waals surface area contributed by atoms with Crippen LogP contribution in [0.25, 0.3) is 0 Å². The maximum absolute atomic E-state index is 11.9. The molecule has 0 saturated carbocycles. The van der Waals surface area contributed by atoms with Crippen LogP contribution in [0.5, 0.6) is 0 Å². The molecular weight excluding hydrogens is 261 g/mol. The topological polar surface area (TPSA) is 65.1 Å². The molecule has 106 valence electrons. The van der Waals surface area contributed by atoms with E-state index in [9.17, 15) is 9.59 Å². The molecule has 0 saturated heterocycles. The van der Waals surface area contributed by atoms with Crippen LogP contribution in [0.1, 0.15) is 19.9 Å². The van der Waals surface area contributed by atoms with Gasteiger partial charge in [0.15, 0.2) is 0 Å². The first-order chi connectivity index (χ1) is 9.20. The van der Waals surface area contributed by atoms with Crippen molar-refractivity contribution >= 4 is 30.3 Å². The summed E-state index contributed by atoms with van der Waals surface area (Å²) < 4.78 is 15.4. The first kappa shape index (κ1) is 14.4. The van der Waals surface area contributed by atoms with Crippen LogP contribution in [0.2, 0.25) is 0 Å². The Balaban J connectivity index is 0.00000147. The van der Waals surface area contributed by atoms with Crippen molar-refractivity contribution in [1.29, 1.82) is 0 Å². The van der Waals surface area contributed by atoms with Crippen molar-refractivity contribution in [1.82, 2.24) is 0 Å². The third kappa shape index (κ3) is 2.25. The Bertz CT molecular complexity index is 548. The number of rotatable bonds is 3. The van der Waals surface area contributed by atoms with Gasteiger partial charge in [-0.25, -0.2) is 4.79 Å². The van der Waals surface area contributed by atoms with Gasteiger partial charge < -0.3 is 14.0 Å². The van der Waals surface area contributed by atoms with Crippen molar-refractivity contribution < 1.29 is 23.6 Å². The normalized spacial score (nSPS) is 15.3. The Morgan fingerprint density at radius 2 is 2.30 bits per heavy atom. The highest BCUT2D eigenvalue weighted by Gasteiger charge is 2.44. The molecule has 0 atom stereocenters. The number of benzene rings is 1. The van der Waals surface area contributed by atoms with Gasteiger partial charge in [-0.3, -0.25) is 9.69 Å². The summed E-state index contributed by atoms with van der Waals surface area (Å²) in [5, 5.41) is 0. The van der Waals surface area contributed by atoms with Crippen LogP contribution >= 0.6 is 0 Å². The van der Waals surface area contributed by atoms with Crippen molar-refractivity contribution in [2.75, 3.05) is 18.1 Å². The van der Waals surface area contributed by atoms with Gasteiger partial charge in [-0.2, -0.15) is 0 Å². The highest BCUT2D eigenvalue weighted by Crippen LogP contribution is 2.26. The lowest BCUT2D eigenvalue weighted by atomic mass is 9.76. The van der Waals surface area contributed by atoms with Gasteiger partial charge in [0.05, 0.1) is 13.2 Å². The summed E-state index contributed by atoms with van der Waals surface area (Å²) in [4.78, 5) is 24.7. The van der Waals surface area contributed by atoms with Gasteiger partial charge in [-0.05, 0) is 18.6 Å². The molecule has 2 aliphatic rings. The minimum atomic E-state index is -0.655. The highest BCUT2D eigenvalue weighted by molar-refractivity contribution is 6.67. The Hall–Kier alpha value is -2.02. The summed E-state index contributed by atoms with van der Waals surface area (Å²) >= 11 is 0. The Labute approximate surface area is 117 Å². The fourth-order valence-electron chi connectivity index (χ4n) is 2.31. The Morgan fingerprint density at radius 1 is 1.50 bits per heavy atom. The number of nitrogens with zero attached hydrogens (tertiary/aromatic N) is 1. The van der Waals surface area contributed by atoms with Gasteiger partial charge >= 0.3 is 19.2 Å². The third-order valence-electron chi connectivity index (χ3n) is 3.11. The van der Waals surface area contributed by atoms with Crippen LogP contribution in [0, 0.1) is 0 Å². The second-order valence-corrected chi connectivity index (χ2v) is 4.27. The fraction of sp³-hybridized carbons (Fsp3) is 0.385. The average molecular weight is 277 g/mol. The van der Waals surface area contributed by atoms with Gasteiger partial charge in [0.1, 0.15) is 6.54 Å². The molecule has 0 spiro atoms. The van der Waals surface area contributed by atoms with Crippen molar-refractivity contribution in [3.8, 4) is 0 Å². The summed E-state index contributed by atoms with van der Waals surface area (Å²) in [5.41, 5.74) is 2.46. The van der Waals surface area contributed by atoms with E-state index in [-0.39, 0.29) is 20.6 Å². The monoisotopic (exact) mass is 277 g/mol. The number of ether oxygens (including phenoxy) is 1. The predicted molar refractivity (Wildman–Crippen MR) is 73.8 cm³/mol. The minimum Gasteiger partial charge on any atom is -0.488 e. The molecule has 0 radical (unpaired) electrons. The maximum Gasteiger partial charge on any atom is 0.568 e. The largest absolute Gasteiger partial charge is 0.568 e. The van der Waals surface area contributed by atoms with Crippen molar-refractivity contribution in [3.05, 3.63) is 23.8 Å². The number of carbonyl (C=O) groups excluding carboxylic acids is 2. The number of anilines is 1. The van der Waals surface area contributed by atoms with E-state index in [0.29, 0.717) is 12.3 Å². The van der Waals surface area contributed by atoms with Crippen LogP contribution in [-0.2, 0) is 25.4 Å². The quantitative estimate of drug-likeness (QED) is 0.610. The van der Waals surface area contributed by atoms with E-state index in [1.807, 2.05) is 12.1 Å². The van der Waals surface area contributed by atoms with Crippen LogP contribution in [0.3, 0.4) is 0 Å². The van der Waals surface area contributed by atoms with Gasteiger partial charge in [0.25, 0.3) is 0 Å². The Morgan fingerprint density at radius 3 is 3.05 bits per heavy atom. The molecule has 2 heterocycles. The molecule has 7 heteroatoms. The standard InChI is InChI=1S/C12H12BNO5.CH4/c1-2-17-10(15)6-14-9-5-3-4-8-7-18-13(11(8)9)19-12(14)16;/h3-5H,2,6-7H2,1H3;1H4. The second kappa shape index (κ2) is 5.54. The SMILES string of the molecule is C.CCOC(=O)CN1C(=O)OB2OCc3cccc1c32. The molecule has 0 bridgehead atoms. The molecule has 3 rings (SSSR count). The third-order valence-corrected chi connectivity index (χ3v) is 3.11. The van der Waals surface area contributed by atoms with E-state index in [1.165, 1.54) is 4.90 Å². The number of esters is 1. The Kier molecular flexibility index (Phi) is 3.99. The smallest absolute Gasteiger partial charge is 0.488 e. The molecule has 1 amide bonds. The van der Waals surface area contributed by atoms with Crippen molar-refractivity contribution in [2.45, 2.75) is 21.0 Å². The molecular formula is C13H16BNO5. The molecule has 0 N–H and O–H groups in total. The summed E-state index contributed by atoms with van der Waals surface area (Å²) in [6.45, 7) is 2.25. The van der Waals surface area contributed by atoms with Crippen LogP contribution in [0.4, 0.5) is 10.5 Å². The molecule has 0 aliphatic carbocycles. The molecule has 0 aromatic heterocycles. The molecule has 20 heavy (non-hydrogen) atoms. The zero-order valence-corrected chi connectivity index (χ0v) is 10.4. The summed E-state index contributed by atoms with van der Waals surface area (Å²) in [6, 6.07) is 5.53. The summed E-state index contributed by atoms with van der Waals surface area (Å²) in [6.07, 6.45) is -0.593. The van der Waals surface area contributed by atoms with E-state index < -0.39 is 19.2 Å². The fourth-order valence-corrected chi connectivity index (χ4v) is 2.31. The van der Waals surface area contributed by atoms with E-state index in [2.05, 4.69) is 0 Å². The van der Waals surface area contributed by atoms with E-state index in [1.54, 1.807) is 13.0 Å². The highest BCUT2D eigenvalue weighted by atomic mass is 16.6. The van der Waals surface area contributed by atoms with E-state index in [0.717, 1.165) is 11.0 Å². The molecule has 2 aliphatic heterocycles. The van der Waals surface area contributed by atoms with E-state index in [4.69, 9.17) is 14.0 Å². The molecule has 0 fully saturated rings. The zero-order valence-electron chi connectivity index (χ0n) is 10.4. The van der Waals surface area contributed by atoms with Gasteiger partial charge in [0.2, 0.25) is 0 Å². The summed E-state index contributed by atoms with van der Waals surface area (Å²) in [5.74, 6) is -0.464. The number of hydrogen-bond acceptors (Lipinski definition) is 5. The van der Waals surface area contributed by atoms with Gasteiger partial charge in [-0.1, -0.05) is 19.6 Å². The van der Waals surface area contributed by atoms with Crippen molar-refractivity contribution in [2.24, 2.45) is 0 Å².